The number of allylic oxidation sites excluding steroid dienone is 1. The molecule has 0 radical (unpaired) electrons. The molecule has 0 aliphatic carbocycles. The second-order valence-electron chi connectivity index (χ2n) is 5.77. The van der Waals surface area contributed by atoms with Crippen LogP contribution in [0.1, 0.15) is 25.3 Å². The molecule has 0 fully saturated rings. The van der Waals surface area contributed by atoms with E-state index in [0.717, 1.165) is 0 Å². The van der Waals surface area contributed by atoms with Crippen LogP contribution in [0.3, 0.4) is 0 Å². The first-order valence-corrected chi connectivity index (χ1v) is 8.96. The van der Waals surface area contributed by atoms with Gasteiger partial charge in [-0.15, -0.1) is 0 Å². The number of carboxylic acid groups (broad SMARTS) is 1. The van der Waals surface area contributed by atoms with Gasteiger partial charge in [-0.2, -0.15) is 0 Å². The number of hydrogen-bond donors (Lipinski definition) is 2. The van der Waals surface area contributed by atoms with Crippen molar-refractivity contribution >= 4 is 46.5 Å². The van der Waals surface area contributed by atoms with Gasteiger partial charge >= 0.3 is 11.9 Å². The molecule has 2 atom stereocenters. The molecule has 5 nitrogen and oxygen atoms in total. The molecule has 0 saturated heterocycles. The van der Waals surface area contributed by atoms with Crippen LogP contribution < -0.4 is 5.32 Å². The third kappa shape index (κ3) is 5.25. The molecule has 2 aromatic carbocycles. The number of ether oxygens (including phenoxy) is 1. The van der Waals surface area contributed by atoms with Gasteiger partial charge in [0.15, 0.2) is 0 Å². The summed E-state index contributed by atoms with van der Waals surface area (Å²) in [7, 11) is 0. The van der Waals surface area contributed by atoms with Crippen molar-refractivity contribution in [3.63, 3.8) is 0 Å². The summed E-state index contributed by atoms with van der Waals surface area (Å²) in [6.45, 7) is 3.21. The number of nitrogens with one attached hydrogen (secondary N) is 1. The molecule has 142 valence electrons. The fourth-order valence-corrected chi connectivity index (χ4v) is 3.14. The van der Waals surface area contributed by atoms with E-state index >= 15 is 0 Å². The Hall–Kier alpha value is -2.50. The number of carbonyl (C=O) groups excluding carboxylic acids is 1. The van der Waals surface area contributed by atoms with Crippen LogP contribution in [-0.4, -0.2) is 23.1 Å². The van der Waals surface area contributed by atoms with E-state index in [1.807, 2.05) is 0 Å². The summed E-state index contributed by atoms with van der Waals surface area (Å²) < 4.78 is 5.23. The number of anilines is 2. The zero-order chi connectivity index (χ0) is 20.0. The standard InChI is InChI=1S/C20H19Cl2NO4/c1-3-7-17(24)27-12(2)18(20(25)26)13-8-4-5-11-16(13)23-19-14(21)9-6-10-15(19)22/h3-12,18,23H,1-2H3,(H,25,26)/b7-3+. The van der Waals surface area contributed by atoms with Gasteiger partial charge in [-0.25, -0.2) is 4.79 Å². The van der Waals surface area contributed by atoms with Gasteiger partial charge in [0.05, 0.1) is 15.7 Å². The van der Waals surface area contributed by atoms with Gasteiger partial charge < -0.3 is 15.2 Å². The van der Waals surface area contributed by atoms with Gasteiger partial charge in [-0.05, 0) is 37.6 Å². The Balaban J connectivity index is 2.41. The smallest absolute Gasteiger partial charge is 0.330 e. The molecule has 2 N–H and O–H groups in total. The van der Waals surface area contributed by atoms with Crippen molar-refractivity contribution in [3.8, 4) is 0 Å². The van der Waals surface area contributed by atoms with Crippen LogP contribution >= 0.6 is 23.2 Å². The van der Waals surface area contributed by atoms with Crippen molar-refractivity contribution in [2.75, 3.05) is 5.32 Å². The van der Waals surface area contributed by atoms with Gasteiger partial charge in [0, 0.05) is 11.8 Å². The van der Waals surface area contributed by atoms with E-state index in [9.17, 15) is 14.7 Å². The van der Waals surface area contributed by atoms with Gasteiger partial charge in [0.25, 0.3) is 0 Å². The maximum atomic E-state index is 11.9. The SMILES string of the molecule is C/C=C/C(=O)OC(C)C(C(=O)O)c1ccccc1Nc1c(Cl)cccc1Cl. The van der Waals surface area contributed by atoms with Crippen LogP contribution in [0, 0.1) is 0 Å². The number of esters is 1. The summed E-state index contributed by atoms with van der Waals surface area (Å²) in [6.07, 6.45) is 1.87. The van der Waals surface area contributed by atoms with Gasteiger partial charge in [0.1, 0.15) is 12.0 Å². The van der Waals surface area contributed by atoms with E-state index in [1.165, 1.54) is 12.2 Å². The van der Waals surface area contributed by atoms with Crippen LogP contribution in [0.15, 0.2) is 54.6 Å². The van der Waals surface area contributed by atoms with Crippen molar-refractivity contribution < 1.29 is 19.4 Å². The van der Waals surface area contributed by atoms with E-state index in [-0.39, 0.29) is 0 Å². The molecule has 0 saturated carbocycles. The predicted molar refractivity (Wildman–Crippen MR) is 107 cm³/mol. The third-order valence-electron chi connectivity index (χ3n) is 3.86. The molecule has 2 unspecified atom stereocenters. The minimum absolute atomic E-state index is 0.400. The van der Waals surface area contributed by atoms with Crippen LogP contribution in [0.25, 0.3) is 0 Å². The third-order valence-corrected chi connectivity index (χ3v) is 4.49. The largest absolute Gasteiger partial charge is 0.481 e. The van der Waals surface area contributed by atoms with Crippen LogP contribution in [-0.2, 0) is 14.3 Å². The minimum Gasteiger partial charge on any atom is -0.481 e. The molecule has 2 rings (SSSR count). The normalized spacial score (nSPS) is 13.2. The fourth-order valence-electron chi connectivity index (χ4n) is 2.65. The van der Waals surface area contributed by atoms with Crippen LogP contribution in [0.5, 0.6) is 0 Å². The Morgan fingerprint density at radius 1 is 1.11 bits per heavy atom. The van der Waals surface area contributed by atoms with Gasteiger partial charge in [-0.1, -0.05) is 53.5 Å². The summed E-state index contributed by atoms with van der Waals surface area (Å²) in [5.74, 6) is -2.80. The molecule has 0 heterocycles. The molecule has 2 aromatic rings. The number of para-hydroxylation sites is 2. The van der Waals surface area contributed by atoms with Gasteiger partial charge in [-0.3, -0.25) is 4.79 Å². The Kier molecular flexibility index (Phi) is 7.28. The first-order valence-electron chi connectivity index (χ1n) is 8.21. The Morgan fingerprint density at radius 2 is 1.74 bits per heavy atom. The molecule has 0 aromatic heterocycles. The van der Waals surface area contributed by atoms with E-state index in [0.29, 0.717) is 27.0 Å². The number of aliphatic carboxylic acids is 1. The molecule has 7 heteroatoms. The Bertz CT molecular complexity index is 847. The lowest BCUT2D eigenvalue weighted by Crippen LogP contribution is -2.28. The number of carbonyl (C=O) groups is 2. The zero-order valence-electron chi connectivity index (χ0n) is 14.8. The maximum absolute atomic E-state index is 11.9. The lowest BCUT2D eigenvalue weighted by molar-refractivity contribution is -0.149. The number of carboxylic acids is 1. The number of halogens is 2. The van der Waals surface area contributed by atoms with E-state index in [1.54, 1.807) is 56.3 Å². The molecule has 0 amide bonds. The van der Waals surface area contributed by atoms with Crippen molar-refractivity contribution in [1.82, 2.24) is 0 Å². The minimum atomic E-state index is -1.12. The topological polar surface area (TPSA) is 75.6 Å². The average molecular weight is 408 g/mol. The van der Waals surface area contributed by atoms with Crippen molar-refractivity contribution in [2.24, 2.45) is 0 Å². The lowest BCUT2D eigenvalue weighted by Gasteiger charge is -2.23. The van der Waals surface area contributed by atoms with Crippen molar-refractivity contribution in [1.29, 1.82) is 0 Å². The second kappa shape index (κ2) is 9.44. The Labute approximate surface area is 167 Å². The zero-order valence-corrected chi connectivity index (χ0v) is 16.3. The molecule has 0 bridgehead atoms. The molecular formula is C20H19Cl2NO4. The van der Waals surface area contributed by atoms with Crippen molar-refractivity contribution in [2.45, 2.75) is 25.9 Å². The predicted octanol–water partition coefficient (Wildman–Crippen LogP) is 5.41. The number of rotatable bonds is 7. The Morgan fingerprint density at radius 3 is 2.33 bits per heavy atom. The molecule has 0 spiro atoms. The summed E-state index contributed by atoms with van der Waals surface area (Å²) in [5.41, 5.74) is 1.42. The second-order valence-corrected chi connectivity index (χ2v) is 6.58. The first-order chi connectivity index (χ1) is 12.8. The van der Waals surface area contributed by atoms with E-state index in [4.69, 9.17) is 27.9 Å². The molecule has 27 heavy (non-hydrogen) atoms. The summed E-state index contributed by atoms with van der Waals surface area (Å²) in [5, 5.41) is 13.6. The summed E-state index contributed by atoms with van der Waals surface area (Å²) >= 11 is 12.4. The maximum Gasteiger partial charge on any atom is 0.330 e. The summed E-state index contributed by atoms with van der Waals surface area (Å²) in [6, 6.07) is 11.9. The van der Waals surface area contributed by atoms with Crippen LogP contribution in [0.2, 0.25) is 10.0 Å². The quantitative estimate of drug-likeness (QED) is 0.473. The summed E-state index contributed by atoms with van der Waals surface area (Å²) in [4.78, 5) is 23.7. The molecule has 0 aliphatic rings. The first kappa shape index (κ1) is 20.8. The monoisotopic (exact) mass is 407 g/mol. The highest BCUT2D eigenvalue weighted by atomic mass is 35.5. The van der Waals surface area contributed by atoms with E-state index in [2.05, 4.69) is 5.32 Å². The molecule has 0 aliphatic heterocycles. The molecular weight excluding hydrogens is 389 g/mol. The number of benzene rings is 2. The number of hydrogen-bond acceptors (Lipinski definition) is 4. The lowest BCUT2D eigenvalue weighted by atomic mass is 9.92. The van der Waals surface area contributed by atoms with Crippen molar-refractivity contribution in [3.05, 3.63) is 70.2 Å². The van der Waals surface area contributed by atoms with Gasteiger partial charge in [0.2, 0.25) is 0 Å². The average Bonchev–Trinajstić information content (AvgIpc) is 2.59. The fraction of sp³-hybridized carbons (Fsp3) is 0.200. The highest BCUT2D eigenvalue weighted by Gasteiger charge is 2.31. The highest BCUT2D eigenvalue weighted by Crippen LogP contribution is 2.36. The highest BCUT2D eigenvalue weighted by molar-refractivity contribution is 6.39. The van der Waals surface area contributed by atoms with Crippen LogP contribution in [0.4, 0.5) is 11.4 Å². The van der Waals surface area contributed by atoms with E-state index < -0.39 is 24.0 Å².